The average Bonchev–Trinajstić information content (AvgIpc) is 2.84. The molecule has 4 aromatic rings. The van der Waals surface area contributed by atoms with E-state index in [1.165, 1.54) is 5.56 Å². The van der Waals surface area contributed by atoms with Crippen molar-refractivity contribution in [1.82, 2.24) is 0 Å². The smallest absolute Gasteiger partial charge is 0.171 e. The molecule has 0 aromatic heterocycles. The molecule has 0 N–H and O–H groups in total. The number of aliphatic imine (C=N–C) groups is 1. The van der Waals surface area contributed by atoms with Crippen LogP contribution in [-0.4, -0.2) is 12.3 Å². The van der Waals surface area contributed by atoms with Gasteiger partial charge in [0, 0.05) is 33.6 Å². The van der Waals surface area contributed by atoms with Gasteiger partial charge in [-0.15, -0.1) is 0 Å². The Bertz CT molecular complexity index is 1220. The van der Waals surface area contributed by atoms with E-state index in [9.17, 15) is 4.57 Å². The Labute approximate surface area is 177 Å². The summed E-state index contributed by atoms with van der Waals surface area (Å²) < 4.78 is 14.9. The topological polar surface area (TPSA) is 29.4 Å². The first-order valence-electron chi connectivity index (χ1n) is 10.2. The summed E-state index contributed by atoms with van der Waals surface area (Å²) >= 11 is 0. The Hall–Kier alpha value is -3.22. The third-order valence-corrected chi connectivity index (χ3v) is 8.78. The van der Waals surface area contributed by atoms with Crippen molar-refractivity contribution in [2.75, 3.05) is 6.54 Å². The monoisotopic (exact) mass is 407 g/mol. The van der Waals surface area contributed by atoms with Crippen molar-refractivity contribution in [2.45, 2.75) is 6.42 Å². The molecule has 146 valence electrons. The van der Waals surface area contributed by atoms with Crippen LogP contribution in [0.1, 0.15) is 16.7 Å². The summed E-state index contributed by atoms with van der Waals surface area (Å²) in [5.74, 6) is 0. The largest absolute Gasteiger partial charge is 0.309 e. The summed E-state index contributed by atoms with van der Waals surface area (Å²) in [6, 6.07) is 36.1. The molecular weight excluding hydrogens is 385 g/mol. The van der Waals surface area contributed by atoms with Gasteiger partial charge in [-0.05, 0) is 12.0 Å². The van der Waals surface area contributed by atoms with Gasteiger partial charge in [-0.2, -0.15) is 0 Å². The third kappa shape index (κ3) is 3.14. The molecule has 5 rings (SSSR count). The van der Waals surface area contributed by atoms with Crippen LogP contribution in [0.2, 0.25) is 0 Å². The van der Waals surface area contributed by atoms with Gasteiger partial charge in [0.05, 0.1) is 5.71 Å². The summed E-state index contributed by atoms with van der Waals surface area (Å²) in [5.41, 5.74) is 4.34. The number of fused-ring (bicyclic) bond motifs is 1. The molecular formula is C27H22NOP. The summed E-state index contributed by atoms with van der Waals surface area (Å²) in [6.07, 6.45) is 0.941. The minimum absolute atomic E-state index is 0.752. The fourth-order valence-electron chi connectivity index (χ4n) is 4.22. The van der Waals surface area contributed by atoms with Gasteiger partial charge in [-0.1, -0.05) is 109 Å². The zero-order valence-electron chi connectivity index (χ0n) is 16.6. The zero-order chi connectivity index (χ0) is 20.4. The maximum Gasteiger partial charge on any atom is 0.171 e. The van der Waals surface area contributed by atoms with E-state index in [2.05, 4.69) is 30.3 Å². The van der Waals surface area contributed by atoms with Crippen molar-refractivity contribution in [3.05, 3.63) is 126 Å². The fraction of sp³-hybridized carbons (Fsp3) is 0.0741. The summed E-state index contributed by atoms with van der Waals surface area (Å²) in [7, 11) is -3.07. The fourth-order valence-corrected chi connectivity index (χ4v) is 7.08. The quantitative estimate of drug-likeness (QED) is 0.450. The Morgan fingerprint density at radius 1 is 0.600 bits per heavy atom. The standard InChI is InChI=1S/C27H22NOP/c29-30(22-12-3-1-4-13-22,23-14-5-2-6-15-23)26-18-10-9-17-25(26)27-24-16-8-7-11-21(24)19-20-28-27/h1-18H,19-20H2. The van der Waals surface area contributed by atoms with E-state index < -0.39 is 7.14 Å². The molecule has 0 amide bonds. The molecule has 3 heteroatoms. The van der Waals surface area contributed by atoms with Gasteiger partial charge in [0.2, 0.25) is 0 Å². The number of rotatable bonds is 4. The summed E-state index contributed by atoms with van der Waals surface area (Å²) in [6.45, 7) is 0.752. The first-order chi connectivity index (χ1) is 14.8. The summed E-state index contributed by atoms with van der Waals surface area (Å²) in [4.78, 5) is 4.90. The molecule has 0 unspecified atom stereocenters. The Balaban J connectivity index is 1.78. The molecule has 0 bridgehead atoms. The predicted octanol–water partition coefficient (Wildman–Crippen LogP) is 4.72. The molecule has 0 radical (unpaired) electrons. The van der Waals surface area contributed by atoms with Crippen LogP contribution >= 0.6 is 7.14 Å². The van der Waals surface area contributed by atoms with E-state index in [1.807, 2.05) is 78.9 Å². The highest BCUT2D eigenvalue weighted by Gasteiger charge is 2.33. The molecule has 4 aromatic carbocycles. The minimum atomic E-state index is -3.07. The highest BCUT2D eigenvalue weighted by Crippen LogP contribution is 2.43. The molecule has 30 heavy (non-hydrogen) atoms. The molecule has 0 spiro atoms. The predicted molar refractivity (Wildman–Crippen MR) is 126 cm³/mol. The van der Waals surface area contributed by atoms with E-state index in [-0.39, 0.29) is 0 Å². The van der Waals surface area contributed by atoms with Gasteiger partial charge in [0.25, 0.3) is 0 Å². The second-order valence-corrected chi connectivity index (χ2v) is 10.2. The highest BCUT2D eigenvalue weighted by atomic mass is 31.2. The van der Waals surface area contributed by atoms with E-state index in [0.29, 0.717) is 0 Å². The Morgan fingerprint density at radius 2 is 1.13 bits per heavy atom. The van der Waals surface area contributed by atoms with Crippen molar-refractivity contribution < 1.29 is 4.57 Å². The maximum atomic E-state index is 14.9. The van der Waals surface area contributed by atoms with Gasteiger partial charge in [-0.3, -0.25) is 4.99 Å². The Kier molecular flexibility index (Phi) is 4.94. The van der Waals surface area contributed by atoms with Crippen LogP contribution in [0.25, 0.3) is 0 Å². The molecule has 1 aliphatic rings. The lowest BCUT2D eigenvalue weighted by atomic mass is 9.93. The number of hydrogen-bond donors (Lipinski definition) is 0. The van der Waals surface area contributed by atoms with Crippen LogP contribution in [-0.2, 0) is 11.0 Å². The number of nitrogens with zero attached hydrogens (tertiary/aromatic N) is 1. The summed E-state index contributed by atoms with van der Waals surface area (Å²) in [5, 5.41) is 2.53. The third-order valence-electron chi connectivity index (χ3n) is 5.66. The normalized spacial score (nSPS) is 13.4. The molecule has 2 nitrogen and oxygen atoms in total. The van der Waals surface area contributed by atoms with Crippen molar-refractivity contribution >= 4 is 28.8 Å². The van der Waals surface area contributed by atoms with Gasteiger partial charge in [0.15, 0.2) is 7.14 Å². The number of benzene rings is 4. The van der Waals surface area contributed by atoms with Crippen LogP contribution in [0.4, 0.5) is 0 Å². The van der Waals surface area contributed by atoms with Gasteiger partial charge >= 0.3 is 0 Å². The number of hydrogen-bond acceptors (Lipinski definition) is 2. The highest BCUT2D eigenvalue weighted by molar-refractivity contribution is 7.85. The van der Waals surface area contributed by atoms with Crippen LogP contribution in [0.15, 0.2) is 114 Å². The van der Waals surface area contributed by atoms with E-state index in [4.69, 9.17) is 4.99 Å². The van der Waals surface area contributed by atoms with Crippen molar-refractivity contribution in [3.8, 4) is 0 Å². The van der Waals surface area contributed by atoms with E-state index in [1.54, 1.807) is 0 Å². The van der Waals surface area contributed by atoms with Gasteiger partial charge < -0.3 is 4.57 Å². The van der Waals surface area contributed by atoms with Crippen molar-refractivity contribution in [3.63, 3.8) is 0 Å². The lowest BCUT2D eigenvalue weighted by Gasteiger charge is -2.25. The SMILES string of the molecule is O=P(c1ccccc1)(c1ccccc1)c1ccccc1C1=NCCc2ccccc21. The lowest BCUT2D eigenvalue weighted by molar-refractivity contribution is 0.592. The first-order valence-corrected chi connectivity index (χ1v) is 11.9. The average molecular weight is 407 g/mol. The molecule has 1 heterocycles. The van der Waals surface area contributed by atoms with E-state index >= 15 is 0 Å². The molecule has 0 saturated carbocycles. The van der Waals surface area contributed by atoms with Gasteiger partial charge in [0.1, 0.15) is 0 Å². The van der Waals surface area contributed by atoms with Crippen molar-refractivity contribution in [1.29, 1.82) is 0 Å². The molecule has 0 fully saturated rings. The molecule has 0 aliphatic carbocycles. The second kappa shape index (κ2) is 7.89. The van der Waals surface area contributed by atoms with Crippen LogP contribution in [0.5, 0.6) is 0 Å². The zero-order valence-corrected chi connectivity index (χ0v) is 17.5. The molecule has 1 aliphatic heterocycles. The maximum absolute atomic E-state index is 14.9. The van der Waals surface area contributed by atoms with E-state index in [0.717, 1.165) is 45.7 Å². The van der Waals surface area contributed by atoms with Crippen molar-refractivity contribution in [2.24, 2.45) is 4.99 Å². The molecule has 0 atom stereocenters. The minimum Gasteiger partial charge on any atom is -0.309 e. The molecule has 0 saturated heterocycles. The second-order valence-electron chi connectivity index (χ2n) is 7.43. The van der Waals surface area contributed by atoms with Crippen LogP contribution in [0, 0.1) is 0 Å². The van der Waals surface area contributed by atoms with Crippen LogP contribution in [0.3, 0.4) is 0 Å². The Morgan fingerprint density at radius 3 is 1.80 bits per heavy atom. The first kappa shape index (κ1) is 18.8. The van der Waals surface area contributed by atoms with Gasteiger partial charge in [-0.25, -0.2) is 0 Å². The van der Waals surface area contributed by atoms with Crippen LogP contribution < -0.4 is 15.9 Å². The lowest BCUT2D eigenvalue weighted by Crippen LogP contribution is -2.30.